The van der Waals surface area contributed by atoms with E-state index in [1.54, 1.807) is 12.3 Å². The fourth-order valence-electron chi connectivity index (χ4n) is 0.376. The number of hydrogen-bond donors (Lipinski definition) is 1. The van der Waals surface area contributed by atoms with Crippen molar-refractivity contribution in [3.8, 4) is 0 Å². The molecule has 9 heavy (non-hydrogen) atoms. The van der Waals surface area contributed by atoms with Crippen LogP contribution in [0.25, 0.3) is 0 Å². The van der Waals surface area contributed by atoms with Gasteiger partial charge in [-0.1, -0.05) is 6.07 Å². The molecule has 4 heteroatoms. The summed E-state index contributed by atoms with van der Waals surface area (Å²) in [6.45, 7) is 0. The molecule has 0 aliphatic rings. The van der Waals surface area contributed by atoms with Crippen molar-refractivity contribution in [1.29, 1.82) is 0 Å². The minimum atomic E-state index is 0. The van der Waals surface area contributed by atoms with E-state index in [0.717, 1.165) is 0 Å². The Labute approximate surface area is 61.5 Å². The molecule has 2 N–H and O–H groups in total. The van der Waals surface area contributed by atoms with E-state index < -0.39 is 0 Å². The fourth-order valence-corrected chi connectivity index (χ4v) is 0.376. The van der Waals surface area contributed by atoms with E-state index in [1.165, 1.54) is 0 Å². The third-order valence-electron chi connectivity index (χ3n) is 0.688. The summed E-state index contributed by atoms with van der Waals surface area (Å²) in [5.74, 6) is 0.572. The Balaban J connectivity index is 0. The Kier molecular flexibility index (Phi) is 7.65. The van der Waals surface area contributed by atoms with Crippen molar-refractivity contribution in [1.82, 2.24) is 4.98 Å². The summed E-state index contributed by atoms with van der Waals surface area (Å²) >= 11 is 0. The van der Waals surface area contributed by atoms with Gasteiger partial charge in [-0.05, 0) is 12.1 Å². The van der Waals surface area contributed by atoms with Gasteiger partial charge in [-0.25, -0.2) is 4.98 Å². The minimum absolute atomic E-state index is 0. The Morgan fingerprint density at radius 1 is 1.22 bits per heavy atom. The first kappa shape index (κ1) is 11.6. The first-order valence-corrected chi connectivity index (χ1v) is 2.06. The monoisotopic (exact) mass is 162 g/mol. The zero-order chi connectivity index (χ0) is 5.11. The summed E-state index contributed by atoms with van der Waals surface area (Å²) in [4.78, 5) is 3.76. The Morgan fingerprint density at radius 3 is 2.11 bits per heavy atom. The third-order valence-corrected chi connectivity index (χ3v) is 0.688. The molecule has 1 heterocycles. The van der Waals surface area contributed by atoms with Gasteiger partial charge in [-0.3, -0.25) is 0 Å². The Bertz CT molecular complexity index is 143. The lowest BCUT2D eigenvalue weighted by Gasteiger charge is -1.82. The standard InChI is InChI=1S/C5H6N2.2H3P/c6-5-3-1-2-4-7-5;;/h1-4H,(H2,6,7);2*1H3. The lowest BCUT2D eigenvalue weighted by Crippen LogP contribution is -1.85. The molecule has 0 aliphatic heterocycles. The van der Waals surface area contributed by atoms with Crippen molar-refractivity contribution in [2.24, 2.45) is 0 Å². The zero-order valence-corrected chi connectivity index (χ0v) is 8.08. The van der Waals surface area contributed by atoms with Crippen LogP contribution in [0, 0.1) is 0 Å². The molecule has 0 spiro atoms. The van der Waals surface area contributed by atoms with Crippen LogP contribution < -0.4 is 5.73 Å². The molecule has 2 unspecified atom stereocenters. The molecule has 52 valence electrons. The number of pyridine rings is 1. The SMILES string of the molecule is Nc1ccccn1.P.P. The van der Waals surface area contributed by atoms with Crippen molar-refractivity contribution < 1.29 is 0 Å². The number of nitrogens with zero attached hydrogens (tertiary/aromatic N) is 1. The maximum atomic E-state index is 5.25. The quantitative estimate of drug-likeness (QED) is 0.572. The van der Waals surface area contributed by atoms with Crippen LogP contribution in [-0.2, 0) is 0 Å². The summed E-state index contributed by atoms with van der Waals surface area (Å²) in [5, 5.41) is 0. The average molecular weight is 162 g/mol. The van der Waals surface area contributed by atoms with Gasteiger partial charge >= 0.3 is 0 Å². The van der Waals surface area contributed by atoms with Gasteiger partial charge in [0, 0.05) is 6.20 Å². The highest BCUT2D eigenvalue weighted by Crippen LogP contribution is 1.89. The molecular weight excluding hydrogens is 150 g/mol. The molecule has 1 aromatic heterocycles. The van der Waals surface area contributed by atoms with Gasteiger partial charge < -0.3 is 5.73 Å². The van der Waals surface area contributed by atoms with E-state index in [2.05, 4.69) is 4.98 Å². The molecular formula is C5H12N2P2. The first-order valence-electron chi connectivity index (χ1n) is 2.06. The van der Waals surface area contributed by atoms with E-state index in [1.807, 2.05) is 12.1 Å². The molecule has 1 aromatic rings. The maximum Gasteiger partial charge on any atom is 0.123 e. The van der Waals surface area contributed by atoms with Crippen molar-refractivity contribution >= 4 is 25.6 Å². The van der Waals surface area contributed by atoms with E-state index in [9.17, 15) is 0 Å². The first-order chi connectivity index (χ1) is 3.39. The lowest BCUT2D eigenvalue weighted by atomic mass is 10.5. The van der Waals surface area contributed by atoms with Gasteiger partial charge in [0.2, 0.25) is 0 Å². The highest BCUT2D eigenvalue weighted by molar-refractivity contribution is 6.92. The second-order valence-electron chi connectivity index (χ2n) is 1.25. The summed E-state index contributed by atoms with van der Waals surface area (Å²) < 4.78 is 0. The normalized spacial score (nSPS) is 6.67. The van der Waals surface area contributed by atoms with Crippen LogP contribution >= 0.6 is 19.8 Å². The molecule has 2 atom stereocenters. The lowest BCUT2D eigenvalue weighted by molar-refractivity contribution is 1.34. The van der Waals surface area contributed by atoms with Crippen LogP contribution in [0.2, 0.25) is 0 Å². The summed E-state index contributed by atoms with van der Waals surface area (Å²) in [7, 11) is 0. The molecule has 0 radical (unpaired) electrons. The van der Waals surface area contributed by atoms with Crippen molar-refractivity contribution in [3.63, 3.8) is 0 Å². The average Bonchev–Trinajstić information content (AvgIpc) is 1.69. The molecule has 2 nitrogen and oxygen atoms in total. The molecule has 0 saturated heterocycles. The second kappa shape index (κ2) is 5.94. The van der Waals surface area contributed by atoms with Gasteiger partial charge in [0.25, 0.3) is 0 Å². The van der Waals surface area contributed by atoms with Crippen molar-refractivity contribution in [2.45, 2.75) is 0 Å². The number of nitrogens with two attached hydrogens (primary N) is 1. The molecule has 1 rings (SSSR count). The fraction of sp³-hybridized carbons (Fsp3) is 0. The van der Waals surface area contributed by atoms with Gasteiger partial charge in [-0.2, -0.15) is 19.8 Å². The van der Waals surface area contributed by atoms with E-state index >= 15 is 0 Å². The van der Waals surface area contributed by atoms with Crippen LogP contribution in [0.15, 0.2) is 24.4 Å². The Morgan fingerprint density at radius 2 is 1.89 bits per heavy atom. The highest BCUT2D eigenvalue weighted by atomic mass is 31.0. The number of anilines is 1. The van der Waals surface area contributed by atoms with E-state index in [-0.39, 0.29) is 19.8 Å². The van der Waals surface area contributed by atoms with Gasteiger partial charge in [0.15, 0.2) is 0 Å². The van der Waals surface area contributed by atoms with Crippen LogP contribution in [0.5, 0.6) is 0 Å². The third kappa shape index (κ3) is 4.32. The van der Waals surface area contributed by atoms with Crippen LogP contribution in [0.4, 0.5) is 5.82 Å². The van der Waals surface area contributed by atoms with E-state index in [4.69, 9.17) is 5.73 Å². The molecule has 0 bridgehead atoms. The molecule has 0 saturated carbocycles. The van der Waals surface area contributed by atoms with Crippen molar-refractivity contribution in [3.05, 3.63) is 24.4 Å². The Hall–Kier alpha value is -0.190. The maximum absolute atomic E-state index is 5.25. The van der Waals surface area contributed by atoms with Crippen LogP contribution in [0.3, 0.4) is 0 Å². The van der Waals surface area contributed by atoms with Gasteiger partial charge in [0.05, 0.1) is 0 Å². The number of aromatic nitrogens is 1. The van der Waals surface area contributed by atoms with Crippen LogP contribution in [-0.4, -0.2) is 4.98 Å². The van der Waals surface area contributed by atoms with Gasteiger partial charge in [-0.15, -0.1) is 0 Å². The second-order valence-corrected chi connectivity index (χ2v) is 1.25. The van der Waals surface area contributed by atoms with Crippen LogP contribution in [0.1, 0.15) is 0 Å². The summed E-state index contributed by atoms with van der Waals surface area (Å²) in [5.41, 5.74) is 5.25. The van der Waals surface area contributed by atoms with E-state index in [0.29, 0.717) is 5.82 Å². The predicted molar refractivity (Wildman–Crippen MR) is 50.9 cm³/mol. The topological polar surface area (TPSA) is 38.9 Å². The highest BCUT2D eigenvalue weighted by Gasteiger charge is 1.73. The van der Waals surface area contributed by atoms with Gasteiger partial charge in [0.1, 0.15) is 5.82 Å². The number of rotatable bonds is 0. The minimum Gasteiger partial charge on any atom is -0.384 e. The molecule has 0 fully saturated rings. The molecule has 0 amide bonds. The number of nitrogen functional groups attached to an aromatic ring is 1. The zero-order valence-electron chi connectivity index (χ0n) is 5.25. The summed E-state index contributed by atoms with van der Waals surface area (Å²) in [6.07, 6.45) is 1.66. The summed E-state index contributed by atoms with van der Waals surface area (Å²) in [6, 6.07) is 5.43. The largest absolute Gasteiger partial charge is 0.384 e. The molecule has 0 aromatic carbocycles. The smallest absolute Gasteiger partial charge is 0.123 e. The molecule has 0 aliphatic carbocycles. The number of hydrogen-bond acceptors (Lipinski definition) is 2. The van der Waals surface area contributed by atoms with Crippen molar-refractivity contribution in [2.75, 3.05) is 5.73 Å². The predicted octanol–water partition coefficient (Wildman–Crippen LogP) is 0.780.